The molecule has 0 amide bonds. The van der Waals surface area contributed by atoms with Gasteiger partial charge in [0.1, 0.15) is 0 Å². The third-order valence-electron chi connectivity index (χ3n) is 4.34. The Morgan fingerprint density at radius 3 is 2.92 bits per heavy atom. The van der Waals surface area contributed by atoms with Gasteiger partial charge in [0.05, 0.1) is 18.8 Å². The summed E-state index contributed by atoms with van der Waals surface area (Å²) in [5.41, 5.74) is 0. The van der Waals surface area contributed by atoms with Crippen molar-refractivity contribution in [2.24, 2.45) is 4.99 Å². The number of hydrogen-bond donors (Lipinski definition) is 2. The Morgan fingerprint density at radius 1 is 1.44 bits per heavy atom. The van der Waals surface area contributed by atoms with Crippen LogP contribution in [0.3, 0.4) is 0 Å². The molecule has 0 aromatic carbocycles. The Balaban J connectivity index is 0.00000312. The molecule has 0 saturated carbocycles. The van der Waals surface area contributed by atoms with E-state index in [9.17, 15) is 0 Å². The highest BCUT2D eigenvalue weighted by atomic mass is 127. The highest BCUT2D eigenvalue weighted by molar-refractivity contribution is 14.0. The van der Waals surface area contributed by atoms with Crippen molar-refractivity contribution in [2.45, 2.75) is 45.3 Å². The van der Waals surface area contributed by atoms with Crippen molar-refractivity contribution in [1.82, 2.24) is 15.5 Å². The van der Waals surface area contributed by atoms with Gasteiger partial charge < -0.3 is 15.4 Å². The fourth-order valence-corrected chi connectivity index (χ4v) is 3.88. The van der Waals surface area contributed by atoms with Crippen molar-refractivity contribution >= 4 is 41.3 Å². The van der Waals surface area contributed by atoms with E-state index in [-0.39, 0.29) is 24.0 Å². The number of thiophene rings is 1. The van der Waals surface area contributed by atoms with Gasteiger partial charge in [0, 0.05) is 38.1 Å². The summed E-state index contributed by atoms with van der Waals surface area (Å²) in [6.45, 7) is 8.99. The molecular formula is C18H33IN4OS. The van der Waals surface area contributed by atoms with E-state index in [0.717, 1.165) is 38.7 Å². The van der Waals surface area contributed by atoms with Gasteiger partial charge in [-0.15, -0.1) is 35.3 Å². The monoisotopic (exact) mass is 480 g/mol. The van der Waals surface area contributed by atoms with Crippen LogP contribution in [0.1, 0.15) is 44.0 Å². The maximum Gasteiger partial charge on any atom is 0.191 e. The Bertz CT molecular complexity index is 483. The van der Waals surface area contributed by atoms with Crippen LogP contribution in [0, 0.1) is 0 Å². The maximum absolute atomic E-state index is 5.70. The summed E-state index contributed by atoms with van der Waals surface area (Å²) in [6, 6.07) is 4.73. The van der Waals surface area contributed by atoms with Crippen LogP contribution in [0.2, 0.25) is 0 Å². The van der Waals surface area contributed by atoms with Crippen molar-refractivity contribution < 1.29 is 4.74 Å². The fourth-order valence-electron chi connectivity index (χ4n) is 3.01. The number of unbranched alkanes of at least 4 members (excludes halogenated alkanes) is 2. The number of hydrogen-bond acceptors (Lipinski definition) is 4. The van der Waals surface area contributed by atoms with Crippen LogP contribution in [-0.2, 0) is 4.74 Å². The summed E-state index contributed by atoms with van der Waals surface area (Å²) in [4.78, 5) is 8.28. The molecule has 1 aliphatic heterocycles. The highest BCUT2D eigenvalue weighted by Gasteiger charge is 2.26. The number of rotatable bonds is 8. The molecule has 1 fully saturated rings. The number of halogens is 1. The molecule has 144 valence electrons. The van der Waals surface area contributed by atoms with Gasteiger partial charge in [-0.25, -0.2) is 0 Å². The molecule has 1 aromatic rings. The van der Waals surface area contributed by atoms with Gasteiger partial charge in [-0.05, 0) is 24.8 Å². The zero-order valence-electron chi connectivity index (χ0n) is 15.7. The second-order valence-electron chi connectivity index (χ2n) is 6.29. The number of morpholine rings is 1. The first-order valence-electron chi connectivity index (χ1n) is 9.08. The van der Waals surface area contributed by atoms with E-state index in [4.69, 9.17) is 4.74 Å². The summed E-state index contributed by atoms with van der Waals surface area (Å²) in [6.07, 6.45) is 3.98. The lowest BCUT2D eigenvalue weighted by molar-refractivity contribution is -0.0334. The molecule has 2 unspecified atom stereocenters. The number of aliphatic imine (C=N–C) groups is 1. The van der Waals surface area contributed by atoms with Gasteiger partial charge in [0.25, 0.3) is 0 Å². The molecule has 2 atom stereocenters. The first kappa shape index (κ1) is 22.7. The Kier molecular flexibility index (Phi) is 11.7. The number of nitrogens with one attached hydrogen (secondary N) is 2. The van der Waals surface area contributed by atoms with Gasteiger partial charge in [-0.1, -0.05) is 25.8 Å². The van der Waals surface area contributed by atoms with E-state index in [1.807, 2.05) is 18.4 Å². The van der Waals surface area contributed by atoms with E-state index in [2.05, 4.69) is 51.9 Å². The molecule has 7 heteroatoms. The van der Waals surface area contributed by atoms with Gasteiger partial charge in [-0.3, -0.25) is 9.89 Å². The minimum Gasteiger partial charge on any atom is -0.376 e. The Hall–Kier alpha value is -0.380. The number of ether oxygens (including phenoxy) is 1. The number of nitrogens with zero attached hydrogens (tertiary/aromatic N) is 2. The van der Waals surface area contributed by atoms with E-state index >= 15 is 0 Å². The van der Waals surface area contributed by atoms with Crippen molar-refractivity contribution in [1.29, 1.82) is 0 Å². The molecule has 25 heavy (non-hydrogen) atoms. The third kappa shape index (κ3) is 7.80. The summed E-state index contributed by atoms with van der Waals surface area (Å²) >= 11 is 1.83. The Morgan fingerprint density at radius 2 is 2.28 bits per heavy atom. The largest absolute Gasteiger partial charge is 0.376 e. The molecule has 0 aliphatic carbocycles. The first-order chi connectivity index (χ1) is 11.7. The maximum atomic E-state index is 5.70. The second-order valence-corrected chi connectivity index (χ2v) is 7.27. The molecule has 0 bridgehead atoms. The third-order valence-corrected chi connectivity index (χ3v) is 5.32. The minimum atomic E-state index is 0. The second kappa shape index (κ2) is 12.9. The fraction of sp³-hybridized carbons (Fsp3) is 0.722. The lowest BCUT2D eigenvalue weighted by Crippen LogP contribution is -2.48. The quantitative estimate of drug-likeness (QED) is 0.259. The van der Waals surface area contributed by atoms with Crippen LogP contribution in [0.4, 0.5) is 0 Å². The highest BCUT2D eigenvalue weighted by Crippen LogP contribution is 2.26. The van der Waals surface area contributed by atoms with Gasteiger partial charge >= 0.3 is 0 Å². The predicted octanol–water partition coefficient (Wildman–Crippen LogP) is 3.48. The minimum absolute atomic E-state index is 0. The molecule has 2 N–H and O–H groups in total. The molecule has 1 saturated heterocycles. The molecular weight excluding hydrogens is 447 g/mol. The lowest BCUT2D eigenvalue weighted by Gasteiger charge is -2.37. The average molecular weight is 480 g/mol. The van der Waals surface area contributed by atoms with Crippen LogP contribution in [0.5, 0.6) is 0 Å². The summed E-state index contributed by atoms with van der Waals surface area (Å²) in [5, 5.41) is 9.08. The van der Waals surface area contributed by atoms with E-state index in [1.165, 1.54) is 24.1 Å². The standard InChI is InChI=1S/C18H32N4OS.HI/c1-4-5-6-9-20-18(19-3)21-13-16(17-8-7-12-24-17)22-10-11-23-15(2)14-22;/h7-8,12,15-16H,4-6,9-11,13-14H2,1-3H3,(H2,19,20,21);1H. The number of guanidine groups is 1. The van der Waals surface area contributed by atoms with Gasteiger partial charge in [-0.2, -0.15) is 0 Å². The van der Waals surface area contributed by atoms with Crippen LogP contribution in [0.25, 0.3) is 0 Å². The summed E-state index contributed by atoms with van der Waals surface area (Å²) < 4.78 is 5.70. The molecule has 0 spiro atoms. The summed E-state index contributed by atoms with van der Waals surface area (Å²) in [5.74, 6) is 0.897. The zero-order chi connectivity index (χ0) is 17.2. The topological polar surface area (TPSA) is 48.9 Å². The first-order valence-corrected chi connectivity index (χ1v) is 9.96. The summed E-state index contributed by atoms with van der Waals surface area (Å²) in [7, 11) is 1.84. The molecule has 0 radical (unpaired) electrons. The van der Waals surface area contributed by atoms with Gasteiger partial charge in [0.15, 0.2) is 5.96 Å². The molecule has 2 rings (SSSR count). The lowest BCUT2D eigenvalue weighted by atomic mass is 10.1. The molecule has 5 nitrogen and oxygen atoms in total. The molecule has 1 aliphatic rings. The van der Waals surface area contributed by atoms with Crippen molar-refractivity contribution in [3.63, 3.8) is 0 Å². The van der Waals surface area contributed by atoms with Crippen molar-refractivity contribution in [3.8, 4) is 0 Å². The van der Waals surface area contributed by atoms with Crippen LogP contribution >= 0.6 is 35.3 Å². The van der Waals surface area contributed by atoms with Crippen LogP contribution < -0.4 is 10.6 Å². The zero-order valence-corrected chi connectivity index (χ0v) is 18.8. The predicted molar refractivity (Wildman–Crippen MR) is 118 cm³/mol. The Labute approximate surface area is 173 Å². The smallest absolute Gasteiger partial charge is 0.191 e. The van der Waals surface area contributed by atoms with Crippen molar-refractivity contribution in [3.05, 3.63) is 22.4 Å². The van der Waals surface area contributed by atoms with Crippen molar-refractivity contribution in [2.75, 3.05) is 39.8 Å². The normalized spacial score (nSPS) is 20.0. The SMILES string of the molecule is CCCCCNC(=NC)NCC(c1cccs1)N1CCOC(C)C1.I. The molecule has 2 heterocycles. The molecule has 1 aromatic heterocycles. The van der Waals surface area contributed by atoms with Gasteiger partial charge in [0.2, 0.25) is 0 Å². The van der Waals surface area contributed by atoms with Crippen LogP contribution in [0.15, 0.2) is 22.5 Å². The van der Waals surface area contributed by atoms with E-state index < -0.39 is 0 Å². The van der Waals surface area contributed by atoms with E-state index in [0.29, 0.717) is 12.1 Å². The van der Waals surface area contributed by atoms with Crippen LogP contribution in [-0.4, -0.2) is 56.8 Å². The average Bonchev–Trinajstić information content (AvgIpc) is 3.11. The van der Waals surface area contributed by atoms with E-state index in [1.54, 1.807) is 0 Å².